The molecular weight excluding hydrogens is 155 g/mol. The van der Waals surface area contributed by atoms with Gasteiger partial charge in [-0.2, -0.15) is 5.26 Å². The molecule has 0 N–H and O–H groups in total. The van der Waals surface area contributed by atoms with Crippen molar-refractivity contribution >= 4 is 0 Å². The maximum atomic E-state index is 13.0. The highest BCUT2D eigenvalue weighted by molar-refractivity contribution is 5.23. The van der Waals surface area contributed by atoms with Gasteiger partial charge < -0.3 is 0 Å². The van der Waals surface area contributed by atoms with Crippen LogP contribution in [0.1, 0.15) is 18.0 Å². The van der Waals surface area contributed by atoms with Crippen LogP contribution >= 0.6 is 0 Å². The quantitative estimate of drug-likeness (QED) is 0.631. The summed E-state index contributed by atoms with van der Waals surface area (Å²) in [4.78, 5) is 3.91. The van der Waals surface area contributed by atoms with Crippen molar-refractivity contribution < 1.29 is 4.39 Å². The van der Waals surface area contributed by atoms with Crippen molar-refractivity contribution in [2.24, 2.45) is 5.92 Å². The van der Waals surface area contributed by atoms with Crippen molar-refractivity contribution in [3.8, 4) is 6.07 Å². The van der Waals surface area contributed by atoms with Crippen molar-refractivity contribution in [3.63, 3.8) is 0 Å². The number of hydrogen-bond donors (Lipinski definition) is 0. The molecule has 0 amide bonds. The van der Waals surface area contributed by atoms with Gasteiger partial charge in [-0.15, -0.1) is 0 Å². The van der Waals surface area contributed by atoms with E-state index in [2.05, 4.69) is 11.1 Å². The third kappa shape index (κ3) is 1.06. The van der Waals surface area contributed by atoms with Gasteiger partial charge in [0.15, 0.2) is 0 Å². The van der Waals surface area contributed by atoms with Crippen LogP contribution in [0.4, 0.5) is 4.39 Å². The topological polar surface area (TPSA) is 36.7 Å². The van der Waals surface area contributed by atoms with Gasteiger partial charge in [-0.1, -0.05) is 0 Å². The second-order valence-electron chi connectivity index (χ2n) is 2.95. The monoisotopic (exact) mass is 162 g/mol. The lowest BCUT2D eigenvalue weighted by molar-refractivity contribution is 0.598. The molecule has 0 aliphatic heterocycles. The highest BCUT2D eigenvalue weighted by Gasteiger charge is 2.41. The van der Waals surface area contributed by atoms with Crippen LogP contribution < -0.4 is 0 Å². The van der Waals surface area contributed by atoms with Crippen molar-refractivity contribution in [2.45, 2.75) is 12.3 Å². The number of nitrogens with zero attached hydrogens (tertiary/aromatic N) is 2. The van der Waals surface area contributed by atoms with Gasteiger partial charge in [-0.25, -0.2) is 4.39 Å². The van der Waals surface area contributed by atoms with Crippen LogP contribution in [0.25, 0.3) is 0 Å². The summed E-state index contributed by atoms with van der Waals surface area (Å²) in [5, 5.41) is 8.53. The van der Waals surface area contributed by atoms with Gasteiger partial charge in [0.25, 0.3) is 0 Å². The minimum Gasteiger partial charge on any atom is -0.258 e. The van der Waals surface area contributed by atoms with E-state index in [1.165, 1.54) is 6.07 Å². The van der Waals surface area contributed by atoms with E-state index in [1.54, 1.807) is 12.3 Å². The summed E-state index contributed by atoms with van der Waals surface area (Å²) in [5.41, 5.74) is 0.448. The Hall–Kier alpha value is -1.43. The molecule has 2 nitrogen and oxygen atoms in total. The third-order valence-electron chi connectivity index (χ3n) is 2.09. The van der Waals surface area contributed by atoms with E-state index in [-0.39, 0.29) is 17.7 Å². The summed E-state index contributed by atoms with van der Waals surface area (Å²) in [6.45, 7) is 0. The average molecular weight is 162 g/mol. The normalized spacial score (nSPS) is 26.3. The molecule has 1 aromatic rings. The van der Waals surface area contributed by atoms with E-state index in [0.717, 1.165) is 6.42 Å². The number of hydrogen-bond acceptors (Lipinski definition) is 2. The molecule has 1 aliphatic carbocycles. The van der Waals surface area contributed by atoms with Gasteiger partial charge in [-0.3, -0.25) is 4.98 Å². The van der Waals surface area contributed by atoms with E-state index >= 15 is 0 Å². The zero-order chi connectivity index (χ0) is 8.55. The molecule has 0 bridgehead atoms. The number of halogens is 1. The van der Waals surface area contributed by atoms with Crippen LogP contribution in [0.3, 0.4) is 0 Å². The van der Waals surface area contributed by atoms with E-state index in [0.29, 0.717) is 5.69 Å². The standard InChI is InChI=1S/C9H7FN2/c10-8-2-1-3-12-9(8)7-4-6(7)5-11/h1-3,6-7H,4H2. The molecule has 2 rings (SSSR count). The number of pyridine rings is 1. The molecule has 0 radical (unpaired) electrons. The summed E-state index contributed by atoms with van der Waals surface area (Å²) in [7, 11) is 0. The number of nitriles is 1. The van der Waals surface area contributed by atoms with Crippen LogP contribution in [-0.2, 0) is 0 Å². The first-order chi connectivity index (χ1) is 5.83. The molecule has 60 valence electrons. The Morgan fingerprint density at radius 1 is 1.67 bits per heavy atom. The summed E-state index contributed by atoms with van der Waals surface area (Å²) < 4.78 is 13.0. The van der Waals surface area contributed by atoms with Gasteiger partial charge in [0.2, 0.25) is 0 Å². The summed E-state index contributed by atoms with van der Waals surface area (Å²) in [5.74, 6) is -0.272. The molecule has 2 unspecified atom stereocenters. The number of aromatic nitrogens is 1. The molecule has 1 aromatic heterocycles. The summed E-state index contributed by atoms with van der Waals surface area (Å²) in [6, 6.07) is 5.05. The predicted molar refractivity (Wildman–Crippen MR) is 40.7 cm³/mol. The largest absolute Gasteiger partial charge is 0.258 e. The Morgan fingerprint density at radius 2 is 2.50 bits per heavy atom. The molecular formula is C9H7FN2. The molecule has 2 atom stereocenters. The predicted octanol–water partition coefficient (Wildman–Crippen LogP) is 1.85. The fourth-order valence-corrected chi connectivity index (χ4v) is 1.31. The van der Waals surface area contributed by atoms with Gasteiger partial charge >= 0.3 is 0 Å². The van der Waals surface area contributed by atoms with Crippen LogP contribution in [0.2, 0.25) is 0 Å². The fourth-order valence-electron chi connectivity index (χ4n) is 1.31. The molecule has 1 saturated carbocycles. The maximum absolute atomic E-state index is 13.0. The Morgan fingerprint density at radius 3 is 3.08 bits per heavy atom. The summed E-state index contributed by atoms with van der Waals surface area (Å²) >= 11 is 0. The molecule has 3 heteroatoms. The van der Waals surface area contributed by atoms with Gasteiger partial charge in [-0.05, 0) is 18.6 Å². The fraction of sp³-hybridized carbons (Fsp3) is 0.333. The van der Waals surface area contributed by atoms with Crippen molar-refractivity contribution in [1.29, 1.82) is 5.26 Å². The zero-order valence-electron chi connectivity index (χ0n) is 6.37. The van der Waals surface area contributed by atoms with Crippen LogP contribution in [0.15, 0.2) is 18.3 Å². The van der Waals surface area contributed by atoms with E-state index < -0.39 is 0 Å². The van der Waals surface area contributed by atoms with Crippen LogP contribution in [0.5, 0.6) is 0 Å². The Kier molecular flexibility index (Phi) is 1.54. The third-order valence-corrected chi connectivity index (χ3v) is 2.09. The Balaban J connectivity index is 2.26. The first-order valence-corrected chi connectivity index (χ1v) is 3.83. The Bertz CT molecular complexity index is 343. The van der Waals surface area contributed by atoms with Crippen molar-refractivity contribution in [1.82, 2.24) is 4.98 Å². The maximum Gasteiger partial charge on any atom is 0.145 e. The highest BCUT2D eigenvalue weighted by Crippen LogP contribution is 2.46. The van der Waals surface area contributed by atoms with E-state index in [1.807, 2.05) is 0 Å². The highest BCUT2D eigenvalue weighted by atomic mass is 19.1. The van der Waals surface area contributed by atoms with Crippen LogP contribution in [0, 0.1) is 23.1 Å². The molecule has 1 fully saturated rings. The van der Waals surface area contributed by atoms with Gasteiger partial charge in [0.1, 0.15) is 5.82 Å². The van der Waals surface area contributed by atoms with Crippen LogP contribution in [-0.4, -0.2) is 4.98 Å². The average Bonchev–Trinajstić information content (AvgIpc) is 2.84. The lowest BCUT2D eigenvalue weighted by Crippen LogP contribution is -1.91. The zero-order valence-corrected chi connectivity index (χ0v) is 6.37. The molecule has 1 aliphatic rings. The van der Waals surface area contributed by atoms with E-state index in [9.17, 15) is 4.39 Å². The number of rotatable bonds is 1. The first-order valence-electron chi connectivity index (χ1n) is 3.83. The second kappa shape index (κ2) is 2.56. The molecule has 0 saturated heterocycles. The van der Waals surface area contributed by atoms with E-state index in [4.69, 9.17) is 5.26 Å². The summed E-state index contributed by atoms with van der Waals surface area (Å²) in [6.07, 6.45) is 2.32. The minimum absolute atomic E-state index is 0.0191. The minimum atomic E-state index is -0.291. The van der Waals surface area contributed by atoms with Gasteiger partial charge in [0, 0.05) is 12.1 Å². The van der Waals surface area contributed by atoms with Crippen molar-refractivity contribution in [2.75, 3.05) is 0 Å². The van der Waals surface area contributed by atoms with Gasteiger partial charge in [0.05, 0.1) is 17.7 Å². The first kappa shape index (κ1) is 7.23. The molecule has 0 spiro atoms. The second-order valence-corrected chi connectivity index (χ2v) is 2.95. The lowest BCUT2D eigenvalue weighted by atomic mass is 10.2. The Labute approximate surface area is 69.7 Å². The molecule has 1 heterocycles. The molecule has 12 heavy (non-hydrogen) atoms. The smallest absolute Gasteiger partial charge is 0.145 e. The molecule has 0 aromatic carbocycles. The van der Waals surface area contributed by atoms with Crippen molar-refractivity contribution in [3.05, 3.63) is 29.8 Å². The SMILES string of the molecule is N#CC1CC1c1ncccc1F. The lowest BCUT2D eigenvalue weighted by Gasteiger charge is -1.96.